The van der Waals surface area contributed by atoms with E-state index in [9.17, 15) is 14.3 Å². The van der Waals surface area contributed by atoms with Crippen molar-refractivity contribution in [3.8, 4) is 24.1 Å². The Kier molecular flexibility index (Phi) is 6.13. The van der Waals surface area contributed by atoms with Crippen LogP contribution in [0.5, 0.6) is 11.8 Å². The summed E-state index contributed by atoms with van der Waals surface area (Å²) in [5.74, 6) is 2.24. The molecule has 4 atom stereocenters. The average Bonchev–Trinajstić information content (AvgIpc) is 3.39. The number of fused-ring (bicyclic) bond motifs is 5. The molecule has 4 saturated heterocycles. The van der Waals surface area contributed by atoms with Gasteiger partial charge in [-0.2, -0.15) is 9.97 Å². The summed E-state index contributed by atoms with van der Waals surface area (Å²) in [6.45, 7) is 3.05. The van der Waals surface area contributed by atoms with Crippen LogP contribution in [-0.2, 0) is 6.42 Å². The highest BCUT2D eigenvalue weighted by molar-refractivity contribution is 6.14. The minimum Gasteiger partial charge on any atom is -0.508 e. The molecule has 1 amide bonds. The van der Waals surface area contributed by atoms with Crippen LogP contribution in [0.2, 0.25) is 0 Å². The lowest BCUT2D eigenvalue weighted by atomic mass is 9.92. The second kappa shape index (κ2) is 9.99. The number of phenols is 1. The van der Waals surface area contributed by atoms with Gasteiger partial charge in [0.2, 0.25) is 0 Å². The van der Waals surface area contributed by atoms with Crippen LogP contribution in [0.25, 0.3) is 10.8 Å². The number of anilines is 2. The number of aromatic hydroxyl groups is 1. The number of nitrogens with one attached hydrogen (secondary N) is 1. The number of alkyl halides is 1. The first kappa shape index (κ1) is 28.2. The summed E-state index contributed by atoms with van der Waals surface area (Å²) >= 11 is 0. The Bertz CT molecular complexity index is 1830. The van der Waals surface area contributed by atoms with Gasteiger partial charge in [-0.25, -0.2) is 8.78 Å². The van der Waals surface area contributed by atoms with Gasteiger partial charge < -0.3 is 20.1 Å². The van der Waals surface area contributed by atoms with Gasteiger partial charge in [-0.3, -0.25) is 14.6 Å². The zero-order valence-corrected chi connectivity index (χ0v) is 25.6. The van der Waals surface area contributed by atoms with Crippen molar-refractivity contribution in [1.82, 2.24) is 20.2 Å². The molecule has 1 saturated carbocycles. The van der Waals surface area contributed by atoms with E-state index in [0.717, 1.165) is 69.5 Å². The number of amides is 1. The standard InChI is InChI=1S/C35H36F2N6O3/c1-2-25-27(37)7-4-20-12-24(44)13-28(29(20)25)43-32(45)30-26(15-34(43)9-10-34)31(41-17-22-5-6-23(18-41)38-22)40-33(39-30)46-19-35-8-3-11-42(35)16-21(36)14-35/h1,4,7,12-13,21-23,38,44H,3,5-6,8-11,14-19H2/t21-,22?,23?,35+/m1/s1. The predicted molar refractivity (Wildman–Crippen MR) is 169 cm³/mol. The van der Waals surface area contributed by atoms with Crippen molar-refractivity contribution in [2.75, 3.05) is 42.6 Å². The van der Waals surface area contributed by atoms with Gasteiger partial charge in [0.05, 0.1) is 22.3 Å². The van der Waals surface area contributed by atoms with Crippen molar-refractivity contribution in [1.29, 1.82) is 0 Å². The van der Waals surface area contributed by atoms with Crippen molar-refractivity contribution in [3.63, 3.8) is 0 Å². The summed E-state index contributed by atoms with van der Waals surface area (Å²) < 4.78 is 35.9. The molecular formula is C35H36F2N6O3. The Morgan fingerprint density at radius 2 is 1.93 bits per heavy atom. The zero-order chi connectivity index (χ0) is 31.4. The molecule has 6 aliphatic rings. The molecular weight excluding hydrogens is 590 g/mol. The highest BCUT2D eigenvalue weighted by Crippen LogP contribution is 2.54. The first-order valence-electron chi connectivity index (χ1n) is 16.5. The van der Waals surface area contributed by atoms with E-state index in [1.807, 2.05) is 0 Å². The minimum atomic E-state index is -0.889. The first-order valence-corrected chi connectivity index (χ1v) is 16.5. The molecule has 9 rings (SSSR count). The molecule has 2 N–H and O–H groups in total. The lowest BCUT2D eigenvalue weighted by molar-refractivity contribution is 0.0947. The molecule has 3 aromatic rings. The predicted octanol–water partition coefficient (Wildman–Crippen LogP) is 4.09. The van der Waals surface area contributed by atoms with Crippen molar-refractivity contribution < 1.29 is 23.4 Å². The number of hydrogen-bond acceptors (Lipinski definition) is 8. The molecule has 2 unspecified atom stereocenters. The number of aromatic nitrogens is 2. The molecule has 0 radical (unpaired) electrons. The Morgan fingerprint density at radius 3 is 2.70 bits per heavy atom. The van der Waals surface area contributed by atoms with E-state index >= 15 is 4.39 Å². The van der Waals surface area contributed by atoms with Crippen molar-refractivity contribution in [2.24, 2.45) is 0 Å². The molecule has 1 aliphatic carbocycles. The highest BCUT2D eigenvalue weighted by atomic mass is 19.1. The third-order valence-corrected chi connectivity index (χ3v) is 11.3. The number of carbonyl (C=O) groups excluding carboxylic acids is 1. The Balaban J connectivity index is 1.17. The summed E-state index contributed by atoms with van der Waals surface area (Å²) in [6, 6.07) is 6.69. The lowest BCUT2D eigenvalue weighted by Gasteiger charge is -2.40. The van der Waals surface area contributed by atoms with Crippen LogP contribution in [0, 0.1) is 18.2 Å². The van der Waals surface area contributed by atoms with E-state index in [0.29, 0.717) is 47.9 Å². The third-order valence-electron chi connectivity index (χ3n) is 11.3. The van der Waals surface area contributed by atoms with Gasteiger partial charge in [0.1, 0.15) is 35.9 Å². The summed E-state index contributed by atoms with van der Waals surface area (Å²) in [5.41, 5.74) is 0.504. The number of halogens is 2. The smallest absolute Gasteiger partial charge is 0.319 e. The molecule has 9 nitrogen and oxygen atoms in total. The molecule has 11 heteroatoms. The van der Waals surface area contributed by atoms with Crippen LogP contribution in [0.15, 0.2) is 24.3 Å². The molecule has 2 aromatic carbocycles. The van der Waals surface area contributed by atoms with Crippen LogP contribution in [0.4, 0.5) is 20.3 Å². The van der Waals surface area contributed by atoms with Gasteiger partial charge in [0.25, 0.3) is 5.91 Å². The van der Waals surface area contributed by atoms with Crippen LogP contribution >= 0.6 is 0 Å². The molecule has 2 bridgehead atoms. The number of ether oxygens (including phenoxy) is 1. The Hall–Kier alpha value is -4.01. The number of terminal acetylenes is 1. The quantitative estimate of drug-likeness (QED) is 0.410. The molecule has 5 fully saturated rings. The fraction of sp³-hybridized carbons (Fsp3) is 0.514. The molecule has 1 spiro atoms. The third kappa shape index (κ3) is 4.22. The summed E-state index contributed by atoms with van der Waals surface area (Å²) in [7, 11) is 0. The molecule has 6 heterocycles. The molecule has 46 heavy (non-hydrogen) atoms. The number of piperazine rings is 1. The van der Waals surface area contributed by atoms with Gasteiger partial charge in [0.15, 0.2) is 0 Å². The van der Waals surface area contributed by atoms with Crippen molar-refractivity contribution in [2.45, 2.75) is 80.7 Å². The normalized spacial score (nSPS) is 29.3. The van der Waals surface area contributed by atoms with Crippen LogP contribution in [0.3, 0.4) is 0 Å². The summed E-state index contributed by atoms with van der Waals surface area (Å²) in [5, 5.41) is 15.4. The fourth-order valence-corrected chi connectivity index (χ4v) is 9.09. The molecule has 5 aliphatic heterocycles. The van der Waals surface area contributed by atoms with Crippen LogP contribution < -0.4 is 19.9 Å². The maximum Gasteiger partial charge on any atom is 0.319 e. The topological polar surface area (TPSA) is 94.1 Å². The largest absolute Gasteiger partial charge is 0.508 e. The monoisotopic (exact) mass is 626 g/mol. The summed E-state index contributed by atoms with van der Waals surface area (Å²) in [6.07, 6.45) is 11.3. The number of carbonyl (C=O) groups is 1. The summed E-state index contributed by atoms with van der Waals surface area (Å²) in [4.78, 5) is 30.7. The maximum absolute atomic E-state index is 15.0. The van der Waals surface area contributed by atoms with Gasteiger partial charge in [-0.1, -0.05) is 12.0 Å². The van der Waals surface area contributed by atoms with E-state index in [4.69, 9.17) is 21.1 Å². The van der Waals surface area contributed by atoms with Crippen LogP contribution in [0.1, 0.15) is 66.6 Å². The molecule has 238 valence electrons. The second-order valence-electron chi connectivity index (χ2n) is 14.2. The Labute approximate surface area is 265 Å². The van der Waals surface area contributed by atoms with E-state index in [1.165, 1.54) is 18.2 Å². The fourth-order valence-electron chi connectivity index (χ4n) is 9.09. The number of phenolic OH excluding ortho intramolecular Hbond substituents is 1. The highest BCUT2D eigenvalue weighted by Gasteiger charge is 2.57. The van der Waals surface area contributed by atoms with Gasteiger partial charge >= 0.3 is 6.01 Å². The minimum absolute atomic E-state index is 0.0433. The van der Waals surface area contributed by atoms with E-state index < -0.39 is 23.1 Å². The van der Waals surface area contributed by atoms with Crippen LogP contribution in [-0.4, -0.2) is 88.0 Å². The van der Waals surface area contributed by atoms with Crippen molar-refractivity contribution in [3.05, 3.63) is 46.9 Å². The average molecular weight is 627 g/mol. The van der Waals surface area contributed by atoms with Gasteiger partial charge in [0, 0.05) is 61.6 Å². The van der Waals surface area contributed by atoms with Crippen molar-refractivity contribution >= 4 is 28.2 Å². The first-order chi connectivity index (χ1) is 22.3. The van der Waals surface area contributed by atoms with Gasteiger partial charge in [-0.05, 0) is 62.6 Å². The SMILES string of the molecule is C#Cc1c(F)ccc2cc(O)cc(N3C(=O)c4nc(OC[C@@]56CCCN5C[C@H](F)C6)nc(N5CC6CCC(C5)N6)c4CC34CC4)c12. The lowest BCUT2D eigenvalue weighted by Crippen LogP contribution is -2.53. The second-order valence-corrected chi connectivity index (χ2v) is 14.2. The number of rotatable bonds is 5. The molecule has 1 aromatic heterocycles. The number of benzene rings is 2. The number of hydrogen-bond donors (Lipinski definition) is 2. The van der Waals surface area contributed by atoms with Gasteiger partial charge in [-0.15, -0.1) is 6.42 Å². The van der Waals surface area contributed by atoms with E-state index in [1.54, 1.807) is 11.0 Å². The van der Waals surface area contributed by atoms with E-state index in [-0.39, 0.29) is 35.5 Å². The zero-order valence-electron chi connectivity index (χ0n) is 25.6. The maximum atomic E-state index is 15.0. The Morgan fingerprint density at radius 1 is 1.13 bits per heavy atom. The van der Waals surface area contributed by atoms with E-state index in [2.05, 4.69) is 21.0 Å². The number of nitrogens with zero attached hydrogens (tertiary/aromatic N) is 5.